The number of sulfonamides is 1. The summed E-state index contributed by atoms with van der Waals surface area (Å²) in [4.78, 5) is 11.7. The minimum absolute atomic E-state index is 0.0308. The van der Waals surface area contributed by atoms with Gasteiger partial charge in [-0.3, -0.25) is 4.79 Å². The fourth-order valence-corrected chi connectivity index (χ4v) is 4.95. The Morgan fingerprint density at radius 1 is 1.06 bits per heavy atom. The number of aliphatic hydroxyl groups excluding tert-OH is 1. The molecule has 1 amide bonds. The van der Waals surface area contributed by atoms with Gasteiger partial charge < -0.3 is 10.4 Å². The number of hydrogen-bond donors (Lipinski definition) is 2. The Morgan fingerprint density at radius 2 is 1.69 bits per heavy atom. The summed E-state index contributed by atoms with van der Waals surface area (Å²) in [6.45, 7) is 3.63. The van der Waals surface area contributed by atoms with Gasteiger partial charge in [0, 0.05) is 36.5 Å². The van der Waals surface area contributed by atoms with Gasteiger partial charge in [-0.15, -0.1) is 0 Å². The second-order valence-electron chi connectivity index (χ2n) is 8.30. The number of anilines is 1. The van der Waals surface area contributed by atoms with E-state index in [0.717, 1.165) is 22.5 Å². The maximum absolute atomic E-state index is 14.5. The summed E-state index contributed by atoms with van der Waals surface area (Å²) in [5.41, 5.74) is -1.21. The maximum atomic E-state index is 14.5. The minimum Gasteiger partial charge on any atom is -0.393 e. The van der Waals surface area contributed by atoms with Crippen molar-refractivity contribution in [1.82, 2.24) is 4.31 Å². The molecule has 2 aromatic rings. The highest BCUT2D eigenvalue weighted by Crippen LogP contribution is 2.33. The van der Waals surface area contributed by atoms with Crippen molar-refractivity contribution in [2.75, 3.05) is 18.4 Å². The molecule has 32 heavy (non-hydrogen) atoms. The third kappa shape index (κ3) is 4.79. The summed E-state index contributed by atoms with van der Waals surface area (Å²) in [6.07, 6.45) is -0.228. The highest BCUT2D eigenvalue weighted by molar-refractivity contribution is 7.89. The molecule has 0 aromatic heterocycles. The van der Waals surface area contributed by atoms with Crippen LogP contribution in [0.4, 0.5) is 23.2 Å². The summed E-state index contributed by atoms with van der Waals surface area (Å²) >= 11 is 0. The van der Waals surface area contributed by atoms with E-state index in [-0.39, 0.29) is 25.1 Å². The summed E-state index contributed by atoms with van der Waals surface area (Å²) < 4.78 is 81.5. The summed E-state index contributed by atoms with van der Waals surface area (Å²) in [7, 11) is -4.34. The highest BCUT2D eigenvalue weighted by Gasteiger charge is 2.36. The molecule has 1 atom stereocenters. The van der Waals surface area contributed by atoms with E-state index in [4.69, 9.17) is 0 Å². The lowest BCUT2D eigenvalue weighted by Crippen LogP contribution is -2.33. The van der Waals surface area contributed by atoms with Gasteiger partial charge in [0.2, 0.25) is 10.0 Å². The van der Waals surface area contributed by atoms with Crippen LogP contribution in [0, 0.1) is 28.7 Å². The van der Waals surface area contributed by atoms with Crippen molar-refractivity contribution < 1.29 is 35.9 Å². The Bertz CT molecular complexity index is 1130. The molecule has 1 aliphatic heterocycles. The summed E-state index contributed by atoms with van der Waals surface area (Å²) in [5.74, 6) is -6.80. The fourth-order valence-electron chi connectivity index (χ4n) is 3.40. The monoisotopic (exact) mass is 474 g/mol. The van der Waals surface area contributed by atoms with Crippen LogP contribution in [-0.2, 0) is 10.0 Å². The smallest absolute Gasteiger partial charge is 0.255 e. The first kappa shape index (κ1) is 24.1. The third-order valence-corrected chi connectivity index (χ3v) is 7.53. The average Bonchev–Trinajstić information content (AvgIpc) is 2.84. The zero-order valence-electron chi connectivity index (χ0n) is 17.3. The first-order chi connectivity index (χ1) is 14.8. The van der Waals surface area contributed by atoms with E-state index in [0.29, 0.717) is 18.6 Å². The van der Waals surface area contributed by atoms with Gasteiger partial charge >= 0.3 is 0 Å². The maximum Gasteiger partial charge on any atom is 0.255 e. The van der Waals surface area contributed by atoms with E-state index in [1.807, 2.05) is 0 Å². The highest BCUT2D eigenvalue weighted by atomic mass is 32.2. The molecule has 1 unspecified atom stereocenters. The van der Waals surface area contributed by atoms with Gasteiger partial charge in [0.15, 0.2) is 17.5 Å². The number of amides is 1. The van der Waals surface area contributed by atoms with E-state index < -0.39 is 61.3 Å². The molecule has 1 fully saturated rings. The number of rotatable bonds is 4. The Morgan fingerprint density at radius 3 is 2.31 bits per heavy atom. The van der Waals surface area contributed by atoms with Gasteiger partial charge in [-0.25, -0.2) is 26.0 Å². The quantitative estimate of drug-likeness (QED) is 0.523. The van der Waals surface area contributed by atoms with Gasteiger partial charge in [0.1, 0.15) is 10.7 Å². The van der Waals surface area contributed by atoms with Gasteiger partial charge in [-0.05, 0) is 36.5 Å². The molecule has 1 saturated heterocycles. The first-order valence-corrected chi connectivity index (χ1v) is 11.2. The van der Waals surface area contributed by atoms with E-state index >= 15 is 0 Å². The lowest BCUT2D eigenvalue weighted by atomic mass is 9.83. The molecule has 11 heteroatoms. The number of hydrogen-bond acceptors (Lipinski definition) is 4. The van der Waals surface area contributed by atoms with Crippen LogP contribution in [0.2, 0.25) is 0 Å². The molecule has 1 heterocycles. The zero-order valence-corrected chi connectivity index (χ0v) is 18.1. The molecule has 0 saturated carbocycles. The molecular weight excluding hydrogens is 452 g/mol. The zero-order chi connectivity index (χ0) is 23.8. The van der Waals surface area contributed by atoms with Crippen molar-refractivity contribution in [2.45, 2.75) is 37.7 Å². The molecule has 1 aliphatic rings. The summed E-state index contributed by atoms with van der Waals surface area (Å²) in [5, 5.41) is 12.3. The van der Waals surface area contributed by atoms with Crippen LogP contribution in [0.1, 0.15) is 37.0 Å². The van der Waals surface area contributed by atoms with Crippen LogP contribution in [0.25, 0.3) is 0 Å². The van der Waals surface area contributed by atoms with Gasteiger partial charge in [0.05, 0.1) is 6.10 Å². The topological polar surface area (TPSA) is 86.7 Å². The number of benzene rings is 2. The fraction of sp³-hybridized carbons (Fsp3) is 0.381. The molecule has 0 bridgehead atoms. The van der Waals surface area contributed by atoms with Crippen LogP contribution < -0.4 is 5.32 Å². The van der Waals surface area contributed by atoms with Gasteiger partial charge in [-0.1, -0.05) is 13.8 Å². The van der Waals surface area contributed by atoms with Gasteiger partial charge in [-0.2, -0.15) is 4.31 Å². The van der Waals surface area contributed by atoms with Crippen LogP contribution in [0.5, 0.6) is 0 Å². The van der Waals surface area contributed by atoms with E-state index in [1.165, 1.54) is 0 Å². The van der Waals surface area contributed by atoms with Crippen molar-refractivity contribution >= 4 is 21.6 Å². The van der Waals surface area contributed by atoms with Crippen molar-refractivity contribution in [2.24, 2.45) is 5.41 Å². The Hall–Kier alpha value is -2.50. The van der Waals surface area contributed by atoms with Crippen molar-refractivity contribution in [3.63, 3.8) is 0 Å². The Labute approximate surface area is 182 Å². The van der Waals surface area contributed by atoms with E-state index in [2.05, 4.69) is 5.32 Å². The van der Waals surface area contributed by atoms with Crippen LogP contribution in [-0.4, -0.2) is 42.9 Å². The standard InChI is InChI=1S/C21H22F4N2O4S/c1-21(2)6-8-27(7-5-18(21)28)32(30,31)17-9-12(3-4-14(17)22)20(29)26-13-10-15(23)19(25)16(24)11-13/h3-4,9-11,18,28H,5-8H2,1-2H3,(H,26,29). The second kappa shape index (κ2) is 8.80. The number of aliphatic hydroxyl groups is 1. The van der Waals surface area contributed by atoms with Crippen LogP contribution in [0.15, 0.2) is 35.2 Å². The third-order valence-electron chi connectivity index (χ3n) is 5.61. The lowest BCUT2D eigenvalue weighted by molar-refractivity contribution is 0.0483. The number of carbonyl (C=O) groups excluding carboxylic acids is 1. The first-order valence-electron chi connectivity index (χ1n) is 9.76. The number of carbonyl (C=O) groups is 1. The molecule has 2 N–H and O–H groups in total. The molecule has 0 spiro atoms. The van der Waals surface area contributed by atoms with E-state index in [9.17, 15) is 35.9 Å². The average molecular weight is 474 g/mol. The SMILES string of the molecule is CC1(C)CCN(S(=O)(=O)c2cc(C(=O)Nc3cc(F)c(F)c(F)c3)ccc2F)CCC1O. The molecule has 0 aliphatic carbocycles. The molecule has 0 radical (unpaired) electrons. The lowest BCUT2D eigenvalue weighted by Gasteiger charge is -2.27. The second-order valence-corrected chi connectivity index (χ2v) is 10.2. The van der Waals surface area contributed by atoms with Crippen LogP contribution in [0.3, 0.4) is 0 Å². The predicted molar refractivity (Wildman–Crippen MR) is 108 cm³/mol. The number of nitrogens with one attached hydrogen (secondary N) is 1. The largest absolute Gasteiger partial charge is 0.393 e. The Balaban J connectivity index is 1.89. The normalized spacial score (nSPS) is 19.4. The molecule has 2 aromatic carbocycles. The minimum atomic E-state index is -4.34. The molecule has 174 valence electrons. The Kier molecular flexibility index (Phi) is 6.64. The van der Waals surface area contributed by atoms with Crippen molar-refractivity contribution in [1.29, 1.82) is 0 Å². The molecular formula is C21H22F4N2O4S. The molecule has 3 rings (SSSR count). The predicted octanol–water partition coefficient (Wildman–Crippen LogP) is 3.67. The van der Waals surface area contributed by atoms with Crippen molar-refractivity contribution in [3.8, 4) is 0 Å². The van der Waals surface area contributed by atoms with Crippen LogP contribution >= 0.6 is 0 Å². The van der Waals surface area contributed by atoms with Crippen molar-refractivity contribution in [3.05, 3.63) is 59.2 Å². The van der Waals surface area contributed by atoms with Gasteiger partial charge in [0.25, 0.3) is 5.91 Å². The summed E-state index contributed by atoms with van der Waals surface area (Å²) in [6, 6.07) is 3.74. The molecule has 6 nitrogen and oxygen atoms in total. The number of nitrogens with zero attached hydrogens (tertiary/aromatic N) is 1. The van der Waals surface area contributed by atoms with E-state index in [1.54, 1.807) is 13.8 Å². The number of halogens is 4.